The van der Waals surface area contributed by atoms with Crippen LogP contribution in [0.25, 0.3) is 0 Å². The number of carbonyl (C=O) groups excluding carboxylic acids is 3. The van der Waals surface area contributed by atoms with E-state index in [2.05, 4.69) is 10.6 Å². The molecule has 2 N–H and O–H groups in total. The lowest BCUT2D eigenvalue weighted by molar-refractivity contribution is -0.697. The number of nitrogens with one attached hydrogen (secondary N) is 2. The second kappa shape index (κ2) is 8.43. The molecule has 4 rings (SSSR count). The lowest BCUT2D eigenvalue weighted by Gasteiger charge is -2.40. The number of carbonyl (C=O) groups is 3. The Kier molecular flexibility index (Phi) is 5.67. The second-order valence-corrected chi connectivity index (χ2v) is 8.14. The number of amides is 3. The Morgan fingerprint density at radius 1 is 0.969 bits per heavy atom. The molecule has 1 atom stereocenters. The lowest BCUT2D eigenvalue weighted by Crippen LogP contribution is -2.67. The van der Waals surface area contributed by atoms with Crippen molar-refractivity contribution in [1.29, 1.82) is 0 Å². The smallest absolute Gasteiger partial charge is 0.294 e. The summed E-state index contributed by atoms with van der Waals surface area (Å²) in [6.45, 7) is 3.25. The van der Waals surface area contributed by atoms with Crippen molar-refractivity contribution in [3.05, 3.63) is 83.6 Å². The third-order valence-electron chi connectivity index (χ3n) is 5.43. The van der Waals surface area contributed by atoms with E-state index in [1.165, 1.54) is 11.8 Å². The van der Waals surface area contributed by atoms with Crippen molar-refractivity contribution in [2.75, 3.05) is 15.5 Å². The number of hydrogen-bond acceptors (Lipinski definition) is 3. The van der Waals surface area contributed by atoms with Crippen LogP contribution in [-0.2, 0) is 26.5 Å². The summed E-state index contributed by atoms with van der Waals surface area (Å²) in [4.78, 5) is 39.8. The summed E-state index contributed by atoms with van der Waals surface area (Å²) in [6.07, 6.45) is 1.79. The Balaban J connectivity index is 1.78. The van der Waals surface area contributed by atoms with E-state index in [0.29, 0.717) is 27.8 Å². The average Bonchev–Trinajstić information content (AvgIpc) is 2.76. The molecule has 0 spiro atoms. The highest BCUT2D eigenvalue weighted by Gasteiger charge is 2.54. The van der Waals surface area contributed by atoms with Crippen molar-refractivity contribution in [2.24, 2.45) is 0 Å². The molecule has 0 saturated heterocycles. The van der Waals surface area contributed by atoms with Gasteiger partial charge in [-0.1, -0.05) is 17.7 Å². The summed E-state index contributed by atoms with van der Waals surface area (Å²) in [5, 5.41) is 6.18. The van der Waals surface area contributed by atoms with Gasteiger partial charge in [0.25, 0.3) is 11.8 Å². The van der Waals surface area contributed by atoms with Crippen LogP contribution in [0.1, 0.15) is 19.5 Å². The molecule has 3 aromatic rings. The Hall–Kier alpha value is -3.71. The predicted molar refractivity (Wildman–Crippen MR) is 122 cm³/mol. The number of nitrogens with zero attached hydrogens (tertiary/aromatic N) is 2. The summed E-state index contributed by atoms with van der Waals surface area (Å²) in [5.74, 6) is -0.780. The molecule has 8 heteroatoms. The number of rotatable bonds is 4. The van der Waals surface area contributed by atoms with Crippen molar-refractivity contribution < 1.29 is 19.0 Å². The fraction of sp³-hybridized carbons (Fsp3) is 0.167. The van der Waals surface area contributed by atoms with Gasteiger partial charge in [-0.05, 0) is 55.5 Å². The first-order valence-electron chi connectivity index (χ1n) is 10.1. The maximum Gasteiger partial charge on any atom is 0.294 e. The molecule has 0 fully saturated rings. The molecule has 162 valence electrons. The maximum absolute atomic E-state index is 13.7. The highest BCUT2D eigenvalue weighted by Crippen LogP contribution is 2.36. The van der Waals surface area contributed by atoms with Gasteiger partial charge in [0.2, 0.25) is 23.7 Å². The van der Waals surface area contributed by atoms with Crippen LogP contribution in [0.3, 0.4) is 0 Å². The third-order valence-corrected chi connectivity index (χ3v) is 5.68. The van der Waals surface area contributed by atoms with Gasteiger partial charge in [0, 0.05) is 41.1 Å². The van der Waals surface area contributed by atoms with Gasteiger partial charge in [-0.3, -0.25) is 19.3 Å². The molecule has 1 aliphatic rings. The Bertz CT molecular complexity index is 1190. The van der Waals surface area contributed by atoms with Crippen LogP contribution in [-0.4, -0.2) is 17.7 Å². The topological polar surface area (TPSA) is 82.4 Å². The number of aromatic nitrogens is 1. The fourth-order valence-electron chi connectivity index (χ4n) is 3.94. The molecular formula is C24H22ClN4O3+. The van der Waals surface area contributed by atoms with Gasteiger partial charge in [-0.25, -0.2) is 0 Å². The third kappa shape index (κ3) is 3.94. The number of pyridine rings is 1. The number of benzene rings is 2. The standard InChI is InChI=1S/C24H21ClN4O3/c1-16(30)26-18-10-12-20(13-11-18)29-22(31)15-28-14-4-3-5-21(28)24(29,2)23(32)27-19-8-6-17(25)7-9-19/h3-14H,15H2,1-2H3,(H-,26,27,30,32)/p+1/t24-/m0/s1. The molecule has 1 aromatic heterocycles. The lowest BCUT2D eigenvalue weighted by atomic mass is 9.89. The summed E-state index contributed by atoms with van der Waals surface area (Å²) >= 11 is 5.96. The minimum Gasteiger partial charge on any atom is -0.326 e. The van der Waals surface area contributed by atoms with E-state index >= 15 is 0 Å². The maximum atomic E-state index is 13.7. The van der Waals surface area contributed by atoms with Gasteiger partial charge in [-0.15, -0.1) is 0 Å². The van der Waals surface area contributed by atoms with E-state index < -0.39 is 5.54 Å². The number of halogens is 1. The molecule has 0 saturated carbocycles. The minimum absolute atomic E-state index is 0.105. The highest BCUT2D eigenvalue weighted by atomic mass is 35.5. The SMILES string of the molecule is CC(=O)Nc1ccc(N2C(=O)C[n+]3ccccc3[C@@]2(C)C(=O)Nc2ccc(Cl)cc2)cc1. The normalized spacial score (nSPS) is 17.5. The summed E-state index contributed by atoms with van der Waals surface area (Å²) in [6, 6.07) is 19.1. The molecule has 3 amide bonds. The summed E-state index contributed by atoms with van der Waals surface area (Å²) in [7, 11) is 0. The van der Waals surface area contributed by atoms with E-state index in [-0.39, 0.29) is 24.3 Å². The molecule has 32 heavy (non-hydrogen) atoms. The first kappa shape index (κ1) is 21.5. The highest BCUT2D eigenvalue weighted by molar-refractivity contribution is 6.30. The molecule has 0 bridgehead atoms. The van der Waals surface area contributed by atoms with Gasteiger partial charge < -0.3 is 10.6 Å². The number of fused-ring (bicyclic) bond motifs is 1. The quantitative estimate of drug-likeness (QED) is 0.598. The van der Waals surface area contributed by atoms with Gasteiger partial charge in [0.15, 0.2) is 6.20 Å². The fourth-order valence-corrected chi connectivity index (χ4v) is 4.07. The van der Waals surface area contributed by atoms with Crippen molar-refractivity contribution in [3.63, 3.8) is 0 Å². The largest absolute Gasteiger partial charge is 0.326 e. The van der Waals surface area contributed by atoms with Gasteiger partial charge in [0.1, 0.15) is 0 Å². The molecule has 2 heterocycles. The zero-order valence-corrected chi connectivity index (χ0v) is 18.4. The van der Waals surface area contributed by atoms with Crippen LogP contribution in [0.2, 0.25) is 5.02 Å². The summed E-state index contributed by atoms with van der Waals surface area (Å²) < 4.78 is 1.78. The Morgan fingerprint density at radius 2 is 1.59 bits per heavy atom. The van der Waals surface area contributed by atoms with E-state index in [9.17, 15) is 14.4 Å². The van der Waals surface area contributed by atoms with E-state index in [4.69, 9.17) is 11.6 Å². The van der Waals surface area contributed by atoms with E-state index in [1.807, 2.05) is 18.2 Å². The zero-order valence-electron chi connectivity index (χ0n) is 17.6. The first-order chi connectivity index (χ1) is 15.3. The van der Waals surface area contributed by atoms with E-state index in [1.54, 1.807) is 66.2 Å². The minimum atomic E-state index is -1.33. The monoisotopic (exact) mass is 449 g/mol. The molecule has 1 aliphatic heterocycles. The van der Waals surface area contributed by atoms with Crippen LogP contribution in [0.5, 0.6) is 0 Å². The second-order valence-electron chi connectivity index (χ2n) is 7.70. The zero-order chi connectivity index (χ0) is 22.9. The molecule has 0 aliphatic carbocycles. The van der Waals surface area contributed by atoms with Crippen LogP contribution in [0.4, 0.5) is 17.1 Å². The molecule has 7 nitrogen and oxygen atoms in total. The number of hydrogen-bond donors (Lipinski definition) is 2. The van der Waals surface area contributed by atoms with Crippen LogP contribution < -0.4 is 20.1 Å². The average molecular weight is 450 g/mol. The predicted octanol–water partition coefficient (Wildman–Crippen LogP) is 3.49. The molecule has 0 unspecified atom stereocenters. The van der Waals surface area contributed by atoms with Crippen molar-refractivity contribution >= 4 is 46.4 Å². The first-order valence-corrected chi connectivity index (χ1v) is 10.4. The van der Waals surface area contributed by atoms with Crippen molar-refractivity contribution in [3.8, 4) is 0 Å². The van der Waals surface area contributed by atoms with Crippen LogP contribution in [0, 0.1) is 0 Å². The van der Waals surface area contributed by atoms with Crippen LogP contribution in [0.15, 0.2) is 72.9 Å². The van der Waals surface area contributed by atoms with Gasteiger partial charge in [-0.2, -0.15) is 4.57 Å². The molecule has 0 radical (unpaired) electrons. The van der Waals surface area contributed by atoms with Crippen LogP contribution >= 0.6 is 11.6 Å². The van der Waals surface area contributed by atoms with Gasteiger partial charge >= 0.3 is 0 Å². The van der Waals surface area contributed by atoms with Crippen molar-refractivity contribution in [2.45, 2.75) is 25.9 Å². The Morgan fingerprint density at radius 3 is 2.25 bits per heavy atom. The van der Waals surface area contributed by atoms with E-state index in [0.717, 1.165) is 0 Å². The molecular weight excluding hydrogens is 428 g/mol. The number of anilines is 3. The molecule has 2 aromatic carbocycles. The summed E-state index contributed by atoms with van der Waals surface area (Å²) in [5.41, 5.74) is 1.08. The Labute approximate surface area is 190 Å². The van der Waals surface area contributed by atoms with Gasteiger partial charge in [0.05, 0.1) is 0 Å². The van der Waals surface area contributed by atoms with Crippen molar-refractivity contribution in [1.82, 2.24) is 0 Å².